The van der Waals surface area contributed by atoms with E-state index in [1.807, 2.05) is 0 Å². The number of nitro benzene ring substituents is 1. The summed E-state index contributed by atoms with van der Waals surface area (Å²) in [6, 6.07) is 3.00. The van der Waals surface area contributed by atoms with Crippen molar-refractivity contribution in [3.63, 3.8) is 0 Å². The van der Waals surface area contributed by atoms with Gasteiger partial charge in [-0.1, -0.05) is 11.3 Å². The molecule has 14 heteroatoms. The van der Waals surface area contributed by atoms with Crippen molar-refractivity contribution in [1.82, 2.24) is 25.0 Å². The van der Waals surface area contributed by atoms with E-state index >= 15 is 0 Å². The number of nitrogens with zero attached hydrogens (tertiary/aromatic N) is 6. The Labute approximate surface area is 128 Å². The summed E-state index contributed by atoms with van der Waals surface area (Å²) in [6.07, 6.45) is 0. The predicted molar refractivity (Wildman–Crippen MR) is 71.7 cm³/mol. The van der Waals surface area contributed by atoms with Crippen molar-refractivity contribution < 1.29 is 18.4 Å². The summed E-state index contributed by atoms with van der Waals surface area (Å²) in [5, 5.41) is 32.9. The van der Waals surface area contributed by atoms with Crippen molar-refractivity contribution in [1.29, 1.82) is 0 Å². The van der Waals surface area contributed by atoms with E-state index in [9.17, 15) is 28.6 Å². The minimum atomic E-state index is -4.64. The van der Waals surface area contributed by atoms with Crippen molar-refractivity contribution in [3.8, 4) is 0 Å². The largest absolute Gasteiger partial charge is 0.314 e. The summed E-state index contributed by atoms with van der Waals surface area (Å²) in [4.78, 5) is 20.6. The van der Waals surface area contributed by atoms with Crippen LogP contribution >= 0.6 is 0 Å². The summed E-state index contributed by atoms with van der Waals surface area (Å²) >= 11 is 0. The zero-order valence-electron chi connectivity index (χ0n) is 11.5. The number of hydrogen-bond acceptors (Lipinski definition) is 9. The van der Waals surface area contributed by atoms with Crippen LogP contribution in [0.4, 0.5) is 5.69 Å². The molecule has 1 aromatic carbocycles. The van der Waals surface area contributed by atoms with Gasteiger partial charge >= 0.3 is 10.0 Å². The van der Waals surface area contributed by atoms with E-state index in [0.717, 1.165) is 12.1 Å². The second kappa shape index (κ2) is 5.91. The number of tetrazole rings is 1. The molecule has 1 heterocycles. The molecule has 0 saturated heterocycles. The first-order valence-electron chi connectivity index (χ1n) is 5.88. The highest BCUT2D eigenvalue weighted by molar-refractivity contribution is 7.89. The zero-order valence-corrected chi connectivity index (χ0v) is 12.3. The Balaban J connectivity index is 2.48. The van der Waals surface area contributed by atoms with E-state index in [-0.39, 0.29) is 15.8 Å². The highest BCUT2D eigenvalue weighted by Gasteiger charge is 2.35. The number of aromatic nitrogens is 4. The number of nitro groups is 2. The monoisotopic (exact) mass is 343 g/mol. The molecule has 0 atom stereocenters. The SMILES string of the molecule is Cc1ccc(S(=O)(=O)N(Cc2nn[nH]n2)[N+](=O)[O-])cc1[N+](=O)[O-]. The first-order valence-corrected chi connectivity index (χ1v) is 7.32. The summed E-state index contributed by atoms with van der Waals surface area (Å²) in [6.45, 7) is 0.632. The average molecular weight is 343 g/mol. The van der Waals surface area contributed by atoms with Gasteiger partial charge in [0.1, 0.15) is 0 Å². The maximum atomic E-state index is 12.4. The number of aromatic amines is 1. The van der Waals surface area contributed by atoms with Crippen molar-refractivity contribution in [3.05, 3.63) is 49.8 Å². The fraction of sp³-hybridized carbons (Fsp3) is 0.222. The van der Waals surface area contributed by atoms with E-state index in [2.05, 4.69) is 20.6 Å². The topological polar surface area (TPSA) is 178 Å². The Morgan fingerprint density at radius 1 is 1.30 bits per heavy atom. The second-order valence-electron chi connectivity index (χ2n) is 4.26. The van der Waals surface area contributed by atoms with Crippen LogP contribution in [0.2, 0.25) is 0 Å². The van der Waals surface area contributed by atoms with Gasteiger partial charge in [0.25, 0.3) is 5.69 Å². The normalized spacial score (nSPS) is 11.2. The number of benzene rings is 1. The summed E-state index contributed by atoms with van der Waals surface area (Å²) in [7, 11) is -4.64. The van der Waals surface area contributed by atoms with Gasteiger partial charge in [0, 0.05) is 11.6 Å². The van der Waals surface area contributed by atoms with Crippen LogP contribution in [0.5, 0.6) is 0 Å². The van der Waals surface area contributed by atoms with Crippen LogP contribution in [0, 0.1) is 27.2 Å². The first-order chi connectivity index (χ1) is 10.7. The molecule has 0 aliphatic heterocycles. The number of nitrogens with one attached hydrogen (secondary N) is 1. The lowest BCUT2D eigenvalue weighted by atomic mass is 10.2. The van der Waals surface area contributed by atoms with Gasteiger partial charge in [-0.3, -0.25) is 10.1 Å². The fourth-order valence-corrected chi connectivity index (χ4v) is 2.87. The van der Waals surface area contributed by atoms with E-state index in [0.29, 0.717) is 0 Å². The maximum Gasteiger partial charge on any atom is 0.314 e. The smallest absolute Gasteiger partial charge is 0.258 e. The van der Waals surface area contributed by atoms with E-state index < -0.39 is 37.1 Å². The highest BCUT2D eigenvalue weighted by atomic mass is 32.2. The Morgan fingerprint density at radius 3 is 2.52 bits per heavy atom. The van der Waals surface area contributed by atoms with Gasteiger partial charge in [0.15, 0.2) is 11.6 Å². The molecule has 0 radical (unpaired) electrons. The molecule has 1 aromatic heterocycles. The third kappa shape index (κ3) is 3.20. The van der Waals surface area contributed by atoms with Crippen LogP contribution in [0.1, 0.15) is 11.4 Å². The highest BCUT2D eigenvalue weighted by Crippen LogP contribution is 2.25. The molecule has 0 spiro atoms. The molecule has 0 fully saturated rings. The van der Waals surface area contributed by atoms with Crippen molar-refractivity contribution in [2.24, 2.45) is 0 Å². The number of H-pyrrole nitrogens is 1. The molecule has 23 heavy (non-hydrogen) atoms. The number of rotatable bonds is 6. The summed E-state index contributed by atoms with van der Waals surface area (Å²) in [5.74, 6) is -0.230. The molecule has 0 aliphatic carbocycles. The zero-order chi connectivity index (χ0) is 17.2. The van der Waals surface area contributed by atoms with Gasteiger partial charge in [-0.2, -0.15) is 13.6 Å². The molecule has 0 bridgehead atoms. The molecule has 2 aromatic rings. The molecule has 0 unspecified atom stereocenters. The van der Waals surface area contributed by atoms with Crippen molar-refractivity contribution in [2.75, 3.05) is 0 Å². The first kappa shape index (κ1) is 16.2. The van der Waals surface area contributed by atoms with Crippen LogP contribution in [-0.2, 0) is 16.6 Å². The van der Waals surface area contributed by atoms with E-state index in [4.69, 9.17) is 0 Å². The lowest BCUT2D eigenvalue weighted by molar-refractivity contribution is -0.623. The van der Waals surface area contributed by atoms with Crippen LogP contribution < -0.4 is 0 Å². The Kier molecular flexibility index (Phi) is 4.17. The molecular formula is C9H9N7O6S. The van der Waals surface area contributed by atoms with Gasteiger partial charge in [-0.25, -0.2) is 10.1 Å². The number of aryl methyl sites for hydroxylation is 1. The Bertz CT molecular complexity index is 849. The molecule has 0 saturated carbocycles. The van der Waals surface area contributed by atoms with E-state index in [1.165, 1.54) is 13.0 Å². The quantitative estimate of drug-likeness (QED) is 0.549. The van der Waals surface area contributed by atoms with Gasteiger partial charge in [-0.05, 0) is 17.4 Å². The molecule has 2 rings (SSSR count). The summed E-state index contributed by atoms with van der Waals surface area (Å²) in [5.41, 5.74) is -0.242. The third-order valence-corrected chi connectivity index (χ3v) is 4.47. The molecule has 0 amide bonds. The number of hydrogen-bond donors (Lipinski definition) is 1. The molecule has 122 valence electrons. The fourth-order valence-electron chi connectivity index (χ4n) is 1.67. The van der Waals surface area contributed by atoms with Crippen LogP contribution in [0.3, 0.4) is 0 Å². The van der Waals surface area contributed by atoms with Gasteiger partial charge in [0.2, 0.25) is 5.82 Å². The second-order valence-corrected chi connectivity index (χ2v) is 6.10. The van der Waals surface area contributed by atoms with E-state index in [1.54, 1.807) is 0 Å². The van der Waals surface area contributed by atoms with Crippen LogP contribution in [0.15, 0.2) is 23.1 Å². The van der Waals surface area contributed by atoms with Gasteiger partial charge < -0.3 is 0 Å². The summed E-state index contributed by atoms with van der Waals surface area (Å²) < 4.78 is 24.6. The average Bonchev–Trinajstić information content (AvgIpc) is 2.97. The third-order valence-electron chi connectivity index (χ3n) is 2.80. The minimum Gasteiger partial charge on any atom is -0.258 e. The maximum absolute atomic E-state index is 12.4. The van der Waals surface area contributed by atoms with Gasteiger partial charge in [0.05, 0.1) is 9.82 Å². The molecular weight excluding hydrogens is 334 g/mol. The minimum absolute atomic E-state index is 0.119. The van der Waals surface area contributed by atoms with Crippen LogP contribution in [-0.4, -0.2) is 43.4 Å². The van der Waals surface area contributed by atoms with Gasteiger partial charge in [-0.15, -0.1) is 10.2 Å². The standard InChI is InChI=1S/C9H9N7O6S/c1-6-2-3-7(4-8(6)15(17)18)23(21,22)14(16(19)20)5-9-10-12-13-11-9/h2-4H,5H2,1H3,(H,10,11,12,13). The molecule has 1 N–H and O–H groups in total. The van der Waals surface area contributed by atoms with Crippen LogP contribution in [0.25, 0.3) is 0 Å². The lowest BCUT2D eigenvalue weighted by Gasteiger charge is -2.12. The predicted octanol–water partition coefficient (Wildman–Crippen LogP) is -0.201. The Hall–Kier alpha value is -3.16. The van der Waals surface area contributed by atoms with Crippen molar-refractivity contribution in [2.45, 2.75) is 18.4 Å². The lowest BCUT2D eigenvalue weighted by Crippen LogP contribution is -2.36. The number of sulfonamides is 1. The molecule has 13 nitrogen and oxygen atoms in total. The molecule has 0 aliphatic rings. The number of hydrazine groups is 1. The van der Waals surface area contributed by atoms with Crippen molar-refractivity contribution >= 4 is 15.7 Å². The Morgan fingerprint density at radius 2 is 2.00 bits per heavy atom.